The van der Waals surface area contributed by atoms with Gasteiger partial charge in [0.1, 0.15) is 23.9 Å². The monoisotopic (exact) mass is 475 g/mol. The summed E-state index contributed by atoms with van der Waals surface area (Å²) < 4.78 is 44.1. The van der Waals surface area contributed by atoms with Gasteiger partial charge in [0.25, 0.3) is 5.91 Å². The molecule has 0 aliphatic heterocycles. The Morgan fingerprint density at radius 2 is 1.91 bits per heavy atom. The molecule has 2 heterocycles. The number of halogens is 4. The first-order chi connectivity index (χ1) is 15.7. The molecular weight excluding hydrogens is 459 g/mol. The van der Waals surface area contributed by atoms with E-state index in [2.05, 4.69) is 15.4 Å². The van der Waals surface area contributed by atoms with Gasteiger partial charge >= 0.3 is 0 Å². The molecule has 1 amide bonds. The smallest absolute Gasteiger partial charge is 0.255 e. The summed E-state index contributed by atoms with van der Waals surface area (Å²) in [4.78, 5) is 16.6. The average Bonchev–Trinajstić information content (AvgIpc) is 3.16. The number of aliphatic hydroxyl groups excluding tert-OH is 1. The number of carbonyl (C=O) groups excluding carboxylic acids is 1. The molecule has 0 spiro atoms. The molecule has 7 nitrogen and oxygen atoms in total. The first-order valence-corrected chi connectivity index (χ1v) is 10.1. The largest absolute Gasteiger partial charge is 0.385 e. The van der Waals surface area contributed by atoms with Crippen LogP contribution in [0.3, 0.4) is 0 Å². The number of amides is 1. The summed E-state index contributed by atoms with van der Waals surface area (Å²) in [5.74, 6) is -2.36. The van der Waals surface area contributed by atoms with Gasteiger partial charge in [-0.05, 0) is 47.5 Å². The van der Waals surface area contributed by atoms with Gasteiger partial charge < -0.3 is 16.2 Å². The third-order valence-corrected chi connectivity index (χ3v) is 5.31. The Morgan fingerprint density at radius 1 is 1.18 bits per heavy atom. The highest BCUT2D eigenvalue weighted by Crippen LogP contribution is 2.30. The highest BCUT2D eigenvalue weighted by molar-refractivity contribution is 6.34. The van der Waals surface area contributed by atoms with Gasteiger partial charge in [-0.15, -0.1) is 5.10 Å². The van der Waals surface area contributed by atoms with Crippen LogP contribution in [0, 0.1) is 11.6 Å². The van der Waals surface area contributed by atoms with Crippen LogP contribution in [0.25, 0.3) is 16.8 Å². The van der Waals surface area contributed by atoms with E-state index < -0.39 is 41.9 Å². The number of fused-ring (bicyclic) bond motifs is 1. The standard InChI is InChI=1S/C22H17ClF3N5O2/c23-15-6-5-14(12-7-8-31-17(9-12)29-22(27)30-31)19(26)18(15)21(33)28-10-16(25)20(32)11-1-3-13(24)4-2-11/h1-9,16,20,32H,10H2,(H2,27,30)(H,28,33)/t16-,20-/m0/s1. The lowest BCUT2D eigenvalue weighted by molar-refractivity contribution is 0.0714. The predicted octanol–water partition coefficient (Wildman–Crippen LogP) is 3.71. The maximum atomic E-state index is 15.3. The number of pyridine rings is 1. The van der Waals surface area contributed by atoms with Crippen molar-refractivity contribution in [1.29, 1.82) is 0 Å². The van der Waals surface area contributed by atoms with Gasteiger partial charge in [0.15, 0.2) is 5.65 Å². The normalized spacial score (nSPS) is 13.1. The second kappa shape index (κ2) is 9.08. The van der Waals surface area contributed by atoms with Crippen molar-refractivity contribution in [3.63, 3.8) is 0 Å². The molecule has 0 unspecified atom stereocenters. The van der Waals surface area contributed by atoms with Crippen LogP contribution in [-0.2, 0) is 0 Å². The molecule has 2 atom stereocenters. The molecular formula is C22H17ClF3N5O2. The van der Waals surface area contributed by atoms with Crippen LogP contribution < -0.4 is 11.1 Å². The summed E-state index contributed by atoms with van der Waals surface area (Å²) in [5.41, 5.74) is 6.06. The fraction of sp³-hybridized carbons (Fsp3) is 0.136. The quantitative estimate of drug-likeness (QED) is 0.394. The zero-order valence-electron chi connectivity index (χ0n) is 16.8. The van der Waals surface area contributed by atoms with E-state index in [0.717, 1.165) is 12.1 Å². The first-order valence-electron chi connectivity index (χ1n) is 9.70. The number of aromatic nitrogens is 3. The highest BCUT2D eigenvalue weighted by atomic mass is 35.5. The van der Waals surface area contributed by atoms with Crippen LogP contribution in [0.1, 0.15) is 22.0 Å². The van der Waals surface area contributed by atoms with Crippen LogP contribution in [0.2, 0.25) is 5.02 Å². The minimum Gasteiger partial charge on any atom is -0.385 e. The van der Waals surface area contributed by atoms with Crippen molar-refractivity contribution in [2.24, 2.45) is 0 Å². The molecule has 0 fully saturated rings. The molecule has 170 valence electrons. The highest BCUT2D eigenvalue weighted by Gasteiger charge is 2.24. The van der Waals surface area contributed by atoms with Gasteiger partial charge in [0, 0.05) is 11.8 Å². The van der Waals surface area contributed by atoms with Crippen LogP contribution in [0.5, 0.6) is 0 Å². The molecule has 4 rings (SSSR count). The Morgan fingerprint density at radius 3 is 2.64 bits per heavy atom. The third-order valence-electron chi connectivity index (χ3n) is 4.99. The second-order valence-electron chi connectivity index (χ2n) is 7.19. The van der Waals surface area contributed by atoms with Crippen molar-refractivity contribution < 1.29 is 23.1 Å². The Hall–Kier alpha value is -3.63. The van der Waals surface area contributed by atoms with Crippen molar-refractivity contribution >= 4 is 29.1 Å². The molecule has 0 aliphatic rings. The number of nitrogens with two attached hydrogens (primary N) is 1. The molecule has 2 aromatic carbocycles. The zero-order chi connectivity index (χ0) is 23.7. The zero-order valence-corrected chi connectivity index (χ0v) is 17.6. The second-order valence-corrected chi connectivity index (χ2v) is 7.60. The number of alkyl halides is 1. The molecule has 0 saturated heterocycles. The Kier molecular flexibility index (Phi) is 6.21. The van der Waals surface area contributed by atoms with Gasteiger partial charge in [-0.25, -0.2) is 17.7 Å². The minimum atomic E-state index is -1.93. The van der Waals surface area contributed by atoms with E-state index >= 15 is 4.39 Å². The van der Waals surface area contributed by atoms with E-state index in [9.17, 15) is 18.7 Å². The summed E-state index contributed by atoms with van der Waals surface area (Å²) in [5, 5.41) is 16.1. The average molecular weight is 476 g/mol. The molecule has 4 aromatic rings. The van der Waals surface area contributed by atoms with Crippen LogP contribution >= 0.6 is 11.6 Å². The number of nitrogen functional groups attached to an aromatic ring is 1. The Balaban J connectivity index is 1.54. The van der Waals surface area contributed by atoms with E-state index in [4.69, 9.17) is 17.3 Å². The molecule has 0 bridgehead atoms. The molecule has 33 heavy (non-hydrogen) atoms. The number of hydrogen-bond donors (Lipinski definition) is 3. The first kappa shape index (κ1) is 22.6. The van der Waals surface area contributed by atoms with E-state index in [1.165, 1.54) is 41.0 Å². The fourth-order valence-corrected chi connectivity index (χ4v) is 3.54. The lowest BCUT2D eigenvalue weighted by Gasteiger charge is -2.17. The SMILES string of the molecule is Nc1nc2cc(-c3ccc(Cl)c(C(=O)NC[C@H](F)[C@@H](O)c4ccc(F)cc4)c3F)ccn2n1. The van der Waals surface area contributed by atoms with E-state index in [1.54, 1.807) is 6.07 Å². The van der Waals surface area contributed by atoms with E-state index in [1.807, 2.05) is 0 Å². The van der Waals surface area contributed by atoms with Gasteiger partial charge in [-0.2, -0.15) is 4.98 Å². The summed E-state index contributed by atoms with van der Waals surface area (Å²) in [6.45, 7) is -0.623. The summed E-state index contributed by atoms with van der Waals surface area (Å²) >= 11 is 6.05. The fourth-order valence-electron chi connectivity index (χ4n) is 3.31. The van der Waals surface area contributed by atoms with Crippen molar-refractivity contribution in [3.8, 4) is 11.1 Å². The topological polar surface area (TPSA) is 106 Å². The van der Waals surface area contributed by atoms with Crippen molar-refractivity contribution in [1.82, 2.24) is 19.9 Å². The maximum absolute atomic E-state index is 15.3. The Bertz CT molecular complexity index is 1330. The molecule has 0 saturated carbocycles. The number of rotatable bonds is 6. The number of aliphatic hydroxyl groups is 1. The van der Waals surface area contributed by atoms with Gasteiger partial charge in [0.05, 0.1) is 17.1 Å². The van der Waals surface area contributed by atoms with Gasteiger partial charge in [-0.3, -0.25) is 4.79 Å². The number of benzene rings is 2. The van der Waals surface area contributed by atoms with Crippen molar-refractivity contribution in [2.45, 2.75) is 12.3 Å². The molecule has 4 N–H and O–H groups in total. The Labute approximate surface area is 190 Å². The molecule has 0 aliphatic carbocycles. The number of hydrogen-bond acceptors (Lipinski definition) is 5. The summed E-state index contributed by atoms with van der Waals surface area (Å²) in [6, 6.07) is 10.5. The summed E-state index contributed by atoms with van der Waals surface area (Å²) in [7, 11) is 0. The molecule has 11 heteroatoms. The maximum Gasteiger partial charge on any atom is 0.255 e. The predicted molar refractivity (Wildman–Crippen MR) is 116 cm³/mol. The van der Waals surface area contributed by atoms with Crippen LogP contribution in [-0.4, -0.2) is 38.3 Å². The number of anilines is 1. The molecule has 2 aromatic heterocycles. The van der Waals surface area contributed by atoms with Gasteiger partial charge in [-0.1, -0.05) is 23.7 Å². The van der Waals surface area contributed by atoms with Crippen molar-refractivity contribution in [3.05, 3.63) is 82.5 Å². The number of nitrogens with one attached hydrogen (secondary N) is 1. The third kappa shape index (κ3) is 4.62. The number of carbonyl (C=O) groups is 1. The number of nitrogens with zero attached hydrogens (tertiary/aromatic N) is 3. The minimum absolute atomic E-state index is 0.0485. The summed E-state index contributed by atoms with van der Waals surface area (Å²) in [6.07, 6.45) is -2.00. The van der Waals surface area contributed by atoms with E-state index in [-0.39, 0.29) is 22.1 Å². The molecule has 0 radical (unpaired) electrons. The van der Waals surface area contributed by atoms with Crippen molar-refractivity contribution in [2.75, 3.05) is 12.3 Å². The lowest BCUT2D eigenvalue weighted by atomic mass is 10.0. The lowest BCUT2D eigenvalue weighted by Crippen LogP contribution is -2.34. The van der Waals surface area contributed by atoms with E-state index in [0.29, 0.717) is 11.2 Å². The van der Waals surface area contributed by atoms with Gasteiger partial charge in [0.2, 0.25) is 5.95 Å². The van der Waals surface area contributed by atoms with Crippen LogP contribution in [0.4, 0.5) is 19.1 Å². The van der Waals surface area contributed by atoms with Crippen LogP contribution in [0.15, 0.2) is 54.7 Å².